The fourth-order valence-corrected chi connectivity index (χ4v) is 5.94. The van der Waals surface area contributed by atoms with Gasteiger partial charge in [-0.3, -0.25) is 4.90 Å². The molecule has 1 fully saturated rings. The highest BCUT2D eigenvalue weighted by Gasteiger charge is 2.24. The number of hydrogen-bond donors (Lipinski definition) is 3. The summed E-state index contributed by atoms with van der Waals surface area (Å²) in [6, 6.07) is 16.5. The lowest BCUT2D eigenvalue weighted by atomic mass is 9.95. The first-order chi connectivity index (χ1) is 20.9. The summed E-state index contributed by atoms with van der Waals surface area (Å²) in [4.78, 5) is 18.8. The lowest BCUT2D eigenvalue weighted by Crippen LogP contribution is -2.33. The van der Waals surface area contributed by atoms with Crippen LogP contribution in [0, 0.1) is 11.2 Å². The number of carboxylic acids is 1. The molecule has 222 valence electrons. The van der Waals surface area contributed by atoms with Gasteiger partial charge in [-0.1, -0.05) is 18.2 Å². The number of nitrogens with zero attached hydrogens (tertiary/aromatic N) is 3. The zero-order valence-electron chi connectivity index (χ0n) is 24.3. The van der Waals surface area contributed by atoms with Crippen molar-refractivity contribution in [1.29, 1.82) is 5.41 Å². The van der Waals surface area contributed by atoms with E-state index >= 15 is 0 Å². The van der Waals surface area contributed by atoms with Crippen molar-refractivity contribution in [2.45, 2.75) is 44.9 Å². The Morgan fingerprint density at radius 3 is 2.74 bits per heavy atom. The Morgan fingerprint density at radius 2 is 2.05 bits per heavy atom. The molecule has 0 radical (unpaired) electrons. The second-order valence-corrected chi connectivity index (χ2v) is 11.3. The molecule has 1 unspecified atom stereocenters. The molecule has 8 nitrogen and oxygen atoms in total. The Balaban J connectivity index is 1.15. The van der Waals surface area contributed by atoms with E-state index in [-0.39, 0.29) is 17.5 Å². The van der Waals surface area contributed by atoms with E-state index in [4.69, 9.17) is 15.1 Å². The van der Waals surface area contributed by atoms with Crippen molar-refractivity contribution in [3.63, 3.8) is 0 Å². The minimum absolute atomic E-state index is 0.121. The first kappa shape index (κ1) is 28.8. The maximum Gasteiger partial charge on any atom is 0.335 e. The average Bonchev–Trinajstić information content (AvgIpc) is 3.34. The van der Waals surface area contributed by atoms with E-state index < -0.39 is 5.97 Å². The van der Waals surface area contributed by atoms with Crippen molar-refractivity contribution in [2.24, 2.45) is 0 Å². The molecular formula is C34H36FN5O3. The monoisotopic (exact) mass is 581 g/mol. The lowest BCUT2D eigenvalue weighted by molar-refractivity contribution is -0.0591. The topological polar surface area (TPSA) is 103 Å². The largest absolute Gasteiger partial charge is 0.478 e. The summed E-state index contributed by atoms with van der Waals surface area (Å²) in [5, 5.41) is 20.3. The number of aryl methyl sites for hydroxylation is 2. The van der Waals surface area contributed by atoms with E-state index in [0.717, 1.165) is 71.8 Å². The number of anilines is 1. The van der Waals surface area contributed by atoms with E-state index in [2.05, 4.69) is 20.9 Å². The van der Waals surface area contributed by atoms with Gasteiger partial charge in [-0.05, 0) is 90.4 Å². The van der Waals surface area contributed by atoms with Crippen LogP contribution in [0.5, 0.6) is 0 Å². The summed E-state index contributed by atoms with van der Waals surface area (Å²) in [5.74, 6) is -0.238. The number of benzene rings is 3. The SMILES string of the molecule is CNc1ccc(CCc2cc(C3=CCN(Cc4nc5ccc(C(=O)O)cc5n4CC4CCO4)CC3)ccc2F)cc1C=N. The molecule has 3 aromatic carbocycles. The Hall–Kier alpha value is -4.34. The second-order valence-electron chi connectivity index (χ2n) is 11.3. The van der Waals surface area contributed by atoms with Crippen LogP contribution < -0.4 is 5.32 Å². The number of carboxylic acid groups (broad SMARTS) is 1. The van der Waals surface area contributed by atoms with Crippen LogP contribution in [0.3, 0.4) is 0 Å². The maximum atomic E-state index is 14.8. The van der Waals surface area contributed by atoms with E-state index in [1.54, 1.807) is 24.3 Å². The molecule has 2 aliphatic heterocycles. The van der Waals surface area contributed by atoms with Gasteiger partial charge >= 0.3 is 5.97 Å². The van der Waals surface area contributed by atoms with Gasteiger partial charge in [0, 0.05) is 44.2 Å². The summed E-state index contributed by atoms with van der Waals surface area (Å²) in [6.07, 6.45) is 6.78. The predicted molar refractivity (Wildman–Crippen MR) is 167 cm³/mol. The molecule has 3 heterocycles. The number of nitrogens with one attached hydrogen (secondary N) is 2. The normalized spacial score (nSPS) is 17.0. The van der Waals surface area contributed by atoms with Gasteiger partial charge in [-0.2, -0.15) is 0 Å². The molecule has 0 aliphatic carbocycles. The number of aromatic nitrogens is 2. The first-order valence-corrected chi connectivity index (χ1v) is 14.8. The minimum Gasteiger partial charge on any atom is -0.478 e. The smallest absolute Gasteiger partial charge is 0.335 e. The number of ether oxygens (including phenoxy) is 1. The van der Waals surface area contributed by atoms with Crippen molar-refractivity contribution in [3.05, 3.63) is 100 Å². The standard InChI is InChI=1S/C34H36FN5O3/c1-37-30-8-3-22(16-27(30)19-36)2-4-25-17-24(5-7-29(25)35)23-10-13-39(14-11-23)21-33-38-31-9-6-26(34(41)42)18-32(31)40(33)20-28-12-15-43-28/h3,5-10,16-19,28,36-37H,2,4,11-15,20-21H2,1H3,(H,41,42). The average molecular weight is 582 g/mol. The molecule has 1 aromatic heterocycles. The van der Waals surface area contributed by atoms with Crippen molar-refractivity contribution >= 4 is 34.5 Å². The van der Waals surface area contributed by atoms with Crippen LogP contribution in [0.2, 0.25) is 0 Å². The summed E-state index contributed by atoms with van der Waals surface area (Å²) >= 11 is 0. The molecule has 2 aliphatic rings. The fraction of sp³-hybridized carbons (Fsp3) is 0.324. The Bertz CT molecular complexity index is 1710. The lowest BCUT2D eigenvalue weighted by Gasteiger charge is -2.29. The predicted octanol–water partition coefficient (Wildman–Crippen LogP) is 5.78. The molecule has 6 rings (SSSR count). The van der Waals surface area contributed by atoms with Crippen LogP contribution in [0.15, 0.2) is 60.7 Å². The number of rotatable bonds is 11. The number of hydrogen-bond acceptors (Lipinski definition) is 6. The van der Waals surface area contributed by atoms with E-state index in [0.29, 0.717) is 31.5 Å². The van der Waals surface area contributed by atoms with E-state index in [1.165, 1.54) is 11.8 Å². The van der Waals surface area contributed by atoms with Gasteiger partial charge in [-0.15, -0.1) is 0 Å². The van der Waals surface area contributed by atoms with Crippen molar-refractivity contribution in [1.82, 2.24) is 14.5 Å². The summed E-state index contributed by atoms with van der Waals surface area (Å²) < 4.78 is 22.6. The van der Waals surface area contributed by atoms with Gasteiger partial charge in [-0.25, -0.2) is 14.2 Å². The van der Waals surface area contributed by atoms with Crippen molar-refractivity contribution in [2.75, 3.05) is 32.1 Å². The third-order valence-electron chi connectivity index (χ3n) is 8.55. The molecule has 43 heavy (non-hydrogen) atoms. The molecule has 0 amide bonds. The molecule has 0 spiro atoms. The molecule has 3 N–H and O–H groups in total. The number of fused-ring (bicyclic) bond motifs is 1. The molecule has 0 bridgehead atoms. The summed E-state index contributed by atoms with van der Waals surface area (Å²) in [6.45, 7) is 3.64. The minimum atomic E-state index is -0.950. The van der Waals surface area contributed by atoms with Crippen LogP contribution in [-0.2, 0) is 30.7 Å². The highest BCUT2D eigenvalue weighted by molar-refractivity contribution is 5.92. The van der Waals surface area contributed by atoms with Crippen LogP contribution in [0.4, 0.5) is 10.1 Å². The molecular weight excluding hydrogens is 545 g/mol. The quantitative estimate of drug-likeness (QED) is 0.194. The Labute approximate surface area is 250 Å². The van der Waals surface area contributed by atoms with Gasteiger partial charge in [0.1, 0.15) is 11.6 Å². The van der Waals surface area contributed by atoms with E-state index in [9.17, 15) is 14.3 Å². The number of halogens is 1. The second kappa shape index (κ2) is 12.5. The number of aromatic carboxylic acids is 1. The molecule has 1 atom stereocenters. The van der Waals surface area contributed by atoms with Gasteiger partial charge in [0.05, 0.1) is 35.8 Å². The Morgan fingerprint density at radius 1 is 1.19 bits per heavy atom. The highest BCUT2D eigenvalue weighted by Crippen LogP contribution is 2.28. The van der Waals surface area contributed by atoms with Crippen LogP contribution in [0.1, 0.15) is 51.3 Å². The zero-order chi connectivity index (χ0) is 29.9. The van der Waals surface area contributed by atoms with Gasteiger partial charge in [0.25, 0.3) is 0 Å². The van der Waals surface area contributed by atoms with Crippen molar-refractivity contribution in [3.8, 4) is 0 Å². The van der Waals surface area contributed by atoms with Crippen LogP contribution in [0.25, 0.3) is 16.6 Å². The number of carbonyl (C=O) groups is 1. The summed E-state index contributed by atoms with van der Waals surface area (Å²) in [5.41, 5.74) is 7.63. The third-order valence-corrected chi connectivity index (χ3v) is 8.55. The van der Waals surface area contributed by atoms with Gasteiger partial charge in [0.15, 0.2) is 0 Å². The van der Waals surface area contributed by atoms with Crippen LogP contribution in [-0.4, -0.2) is 64.6 Å². The zero-order valence-corrected chi connectivity index (χ0v) is 24.3. The van der Waals surface area contributed by atoms with Gasteiger partial charge in [0.2, 0.25) is 0 Å². The maximum absolute atomic E-state index is 14.8. The van der Waals surface area contributed by atoms with E-state index in [1.807, 2.05) is 37.4 Å². The molecule has 4 aromatic rings. The molecule has 0 saturated carbocycles. The molecule has 9 heteroatoms. The first-order valence-electron chi connectivity index (χ1n) is 14.8. The summed E-state index contributed by atoms with van der Waals surface area (Å²) in [7, 11) is 1.84. The Kier molecular flexibility index (Phi) is 8.35. The number of imidazole rings is 1. The third kappa shape index (κ3) is 6.23. The van der Waals surface area contributed by atoms with Crippen LogP contribution >= 0.6 is 0 Å². The van der Waals surface area contributed by atoms with Crippen molar-refractivity contribution < 1.29 is 19.0 Å². The molecule has 1 saturated heterocycles. The highest BCUT2D eigenvalue weighted by atomic mass is 19.1. The van der Waals surface area contributed by atoms with Gasteiger partial charge < -0.3 is 25.1 Å². The fourth-order valence-electron chi connectivity index (χ4n) is 5.94.